The summed E-state index contributed by atoms with van der Waals surface area (Å²) in [6.45, 7) is 4.19. The Bertz CT molecular complexity index is 268. The zero-order valence-corrected chi connectivity index (χ0v) is 10.1. The number of halogens is 1. The van der Waals surface area contributed by atoms with E-state index in [1.165, 1.54) is 18.7 Å². The zero-order chi connectivity index (χ0) is 12.5. The van der Waals surface area contributed by atoms with Crippen LogP contribution in [0.5, 0.6) is 0 Å². The van der Waals surface area contributed by atoms with Crippen molar-refractivity contribution >= 4 is 12.8 Å². The number of nitrogens with two attached hydrogens (primary N) is 1. The summed E-state index contributed by atoms with van der Waals surface area (Å²) >= 11 is 0. The van der Waals surface area contributed by atoms with Crippen LogP contribution >= 0.6 is 0 Å². The number of carbonyl (C=O) groups excluding carboxylic acids is 1. The molecule has 16 heavy (non-hydrogen) atoms. The first kappa shape index (κ1) is 13.4. The van der Waals surface area contributed by atoms with E-state index in [0.717, 1.165) is 12.8 Å². The zero-order valence-electron chi connectivity index (χ0n) is 10.1. The second-order valence-electron chi connectivity index (χ2n) is 5.02. The highest BCUT2D eigenvalue weighted by Crippen LogP contribution is 2.22. The van der Waals surface area contributed by atoms with Gasteiger partial charge in [-0.1, -0.05) is 6.82 Å². The number of hydrogen-bond donors (Lipinski definition) is 2. The van der Waals surface area contributed by atoms with E-state index in [0.29, 0.717) is 6.54 Å². The van der Waals surface area contributed by atoms with Crippen molar-refractivity contribution in [3.8, 4) is 0 Å². The van der Waals surface area contributed by atoms with Gasteiger partial charge in [-0.05, 0) is 26.7 Å². The Labute approximate surface area is 96.1 Å². The second kappa shape index (κ2) is 4.71. The monoisotopic (exact) mass is 230 g/mol. The molecule has 1 fully saturated rings. The molecule has 92 valence electrons. The molecule has 1 saturated heterocycles. The first-order chi connectivity index (χ1) is 7.25. The molecule has 2 atom stereocenters. The van der Waals surface area contributed by atoms with Crippen molar-refractivity contribution in [2.45, 2.75) is 51.2 Å². The molecular formula is C10H20BFN2O2. The van der Waals surface area contributed by atoms with E-state index in [2.05, 4.69) is 0 Å². The molecule has 1 rings (SSSR count). The average molecular weight is 230 g/mol. The summed E-state index contributed by atoms with van der Waals surface area (Å²) in [5.74, 6) is -0.628. The summed E-state index contributed by atoms with van der Waals surface area (Å²) in [6.07, 6.45) is 1.59. The lowest BCUT2D eigenvalue weighted by atomic mass is 9.62. The van der Waals surface area contributed by atoms with Crippen LogP contribution in [-0.4, -0.2) is 46.9 Å². The predicted octanol–water partition coefficient (Wildman–Crippen LogP) is 0.206. The van der Waals surface area contributed by atoms with Crippen molar-refractivity contribution in [1.82, 2.24) is 4.90 Å². The van der Waals surface area contributed by atoms with Crippen LogP contribution in [0.1, 0.15) is 26.7 Å². The average Bonchev–Trinajstić information content (AvgIpc) is 2.62. The molecular weight excluding hydrogens is 210 g/mol. The fourth-order valence-corrected chi connectivity index (χ4v) is 2.04. The molecule has 0 bridgehead atoms. The van der Waals surface area contributed by atoms with E-state index in [4.69, 9.17) is 5.73 Å². The van der Waals surface area contributed by atoms with Gasteiger partial charge < -0.3 is 15.7 Å². The van der Waals surface area contributed by atoms with Gasteiger partial charge in [0.05, 0.1) is 0 Å². The number of likely N-dealkylation sites (tertiary alicyclic amines) is 1. The van der Waals surface area contributed by atoms with Crippen LogP contribution in [0.4, 0.5) is 4.39 Å². The summed E-state index contributed by atoms with van der Waals surface area (Å²) < 4.78 is 13.6. The normalized spacial score (nSPS) is 23.4. The van der Waals surface area contributed by atoms with Crippen molar-refractivity contribution < 1.29 is 14.2 Å². The Morgan fingerprint density at radius 1 is 1.69 bits per heavy atom. The third-order valence-electron chi connectivity index (χ3n) is 3.14. The third-order valence-corrected chi connectivity index (χ3v) is 3.14. The molecule has 0 aromatic rings. The molecule has 0 radical (unpaired) electrons. The Morgan fingerprint density at radius 3 is 2.69 bits per heavy atom. The summed E-state index contributed by atoms with van der Waals surface area (Å²) in [7, 11) is 0. The van der Waals surface area contributed by atoms with Gasteiger partial charge in [-0.3, -0.25) is 4.79 Å². The number of rotatable bonds is 3. The van der Waals surface area contributed by atoms with Crippen LogP contribution in [0.25, 0.3) is 0 Å². The van der Waals surface area contributed by atoms with Crippen LogP contribution in [0.3, 0.4) is 0 Å². The molecule has 0 unspecified atom stereocenters. The Kier molecular flexibility index (Phi) is 3.96. The van der Waals surface area contributed by atoms with Crippen LogP contribution in [0.2, 0.25) is 6.82 Å². The van der Waals surface area contributed by atoms with E-state index in [1.54, 1.807) is 6.82 Å². The molecule has 6 heteroatoms. The van der Waals surface area contributed by atoms with Crippen LogP contribution < -0.4 is 5.73 Å². The molecule has 0 saturated carbocycles. The highest BCUT2D eigenvalue weighted by atomic mass is 19.1. The van der Waals surface area contributed by atoms with Crippen molar-refractivity contribution in [3.05, 3.63) is 0 Å². The quantitative estimate of drug-likeness (QED) is 0.681. The van der Waals surface area contributed by atoms with E-state index >= 15 is 0 Å². The Balaban J connectivity index is 2.74. The minimum Gasteiger partial charge on any atom is -0.449 e. The lowest BCUT2D eigenvalue weighted by Gasteiger charge is -2.31. The lowest BCUT2D eigenvalue weighted by molar-refractivity contribution is -0.135. The molecule has 0 aromatic heterocycles. The number of alkyl halides is 1. The molecule has 4 nitrogen and oxygen atoms in total. The maximum Gasteiger partial charge on any atom is 0.309 e. The number of nitrogens with zero attached hydrogens (tertiary/aromatic N) is 1. The van der Waals surface area contributed by atoms with Gasteiger partial charge in [0.1, 0.15) is 11.7 Å². The molecule has 1 heterocycles. The predicted molar refractivity (Wildman–Crippen MR) is 61.7 cm³/mol. The van der Waals surface area contributed by atoms with Gasteiger partial charge >= 0.3 is 6.92 Å². The van der Waals surface area contributed by atoms with Crippen molar-refractivity contribution in [2.24, 2.45) is 5.73 Å². The standard InChI is InChI=1S/C10H20BFN2O2/c1-10(2,12)8(13)9(15)14-6-4-5-7(14)11(3)16/h7-8,16H,4-6,13H2,1-3H3/t7-,8+/m0/s1. The van der Waals surface area contributed by atoms with Crippen molar-refractivity contribution in [1.29, 1.82) is 0 Å². The van der Waals surface area contributed by atoms with Gasteiger partial charge in [0.15, 0.2) is 0 Å². The fraction of sp³-hybridized carbons (Fsp3) is 0.900. The highest BCUT2D eigenvalue weighted by molar-refractivity contribution is 6.51. The summed E-state index contributed by atoms with van der Waals surface area (Å²) in [5, 5.41) is 9.53. The summed E-state index contributed by atoms with van der Waals surface area (Å²) in [6, 6.07) is -1.16. The van der Waals surface area contributed by atoms with Crippen LogP contribution in [-0.2, 0) is 4.79 Å². The number of carbonyl (C=O) groups is 1. The molecule has 3 N–H and O–H groups in total. The van der Waals surface area contributed by atoms with Crippen molar-refractivity contribution in [3.63, 3.8) is 0 Å². The first-order valence-corrected chi connectivity index (χ1v) is 5.68. The molecule has 0 spiro atoms. The number of amides is 1. The fourth-order valence-electron chi connectivity index (χ4n) is 2.04. The van der Waals surface area contributed by atoms with E-state index in [1.807, 2.05) is 0 Å². The van der Waals surface area contributed by atoms with Gasteiger partial charge in [0.25, 0.3) is 0 Å². The van der Waals surface area contributed by atoms with E-state index in [-0.39, 0.29) is 5.94 Å². The van der Waals surface area contributed by atoms with Gasteiger partial charge in [0, 0.05) is 12.5 Å². The molecule has 0 aromatic carbocycles. The summed E-state index contributed by atoms with van der Waals surface area (Å²) in [4.78, 5) is 13.5. The van der Waals surface area contributed by atoms with E-state index in [9.17, 15) is 14.2 Å². The molecule has 1 amide bonds. The Hall–Kier alpha value is -0.615. The first-order valence-electron chi connectivity index (χ1n) is 5.68. The van der Waals surface area contributed by atoms with Gasteiger partial charge in [-0.15, -0.1) is 0 Å². The second-order valence-corrected chi connectivity index (χ2v) is 5.02. The third kappa shape index (κ3) is 2.74. The van der Waals surface area contributed by atoms with Crippen molar-refractivity contribution in [2.75, 3.05) is 6.54 Å². The highest BCUT2D eigenvalue weighted by Gasteiger charge is 2.40. The minimum atomic E-state index is -1.73. The van der Waals surface area contributed by atoms with Crippen LogP contribution in [0.15, 0.2) is 0 Å². The van der Waals surface area contributed by atoms with Gasteiger partial charge in [-0.25, -0.2) is 4.39 Å². The topological polar surface area (TPSA) is 66.6 Å². The number of hydrogen-bond acceptors (Lipinski definition) is 3. The molecule has 1 aliphatic rings. The van der Waals surface area contributed by atoms with Crippen LogP contribution in [0, 0.1) is 0 Å². The summed E-state index contributed by atoms with van der Waals surface area (Å²) in [5.41, 5.74) is 3.86. The van der Waals surface area contributed by atoms with Gasteiger partial charge in [-0.2, -0.15) is 0 Å². The smallest absolute Gasteiger partial charge is 0.309 e. The maximum atomic E-state index is 13.6. The molecule has 1 aliphatic heterocycles. The van der Waals surface area contributed by atoms with Gasteiger partial charge in [0.2, 0.25) is 5.91 Å². The lowest BCUT2D eigenvalue weighted by Crippen LogP contribution is -2.56. The SMILES string of the molecule is CB(O)[C@@H]1CCCN1C(=O)[C@@H](N)C(C)(C)F. The maximum absolute atomic E-state index is 13.6. The largest absolute Gasteiger partial charge is 0.449 e. The van der Waals surface area contributed by atoms with E-state index < -0.39 is 24.5 Å². The molecule has 0 aliphatic carbocycles. The minimum absolute atomic E-state index is 0.221. The Morgan fingerprint density at radius 2 is 2.25 bits per heavy atom.